The van der Waals surface area contributed by atoms with Crippen molar-refractivity contribution in [2.24, 2.45) is 5.10 Å². The summed E-state index contributed by atoms with van der Waals surface area (Å²) < 4.78 is 24.1. The van der Waals surface area contributed by atoms with E-state index in [2.05, 4.69) is 47.1 Å². The van der Waals surface area contributed by atoms with Crippen LogP contribution in [0.15, 0.2) is 50.4 Å². The highest BCUT2D eigenvalue weighted by Crippen LogP contribution is 2.32. The lowest BCUT2D eigenvalue weighted by Gasteiger charge is -2.10. The van der Waals surface area contributed by atoms with Gasteiger partial charge in [-0.2, -0.15) is 5.10 Å². The fraction of sp³-hybridized carbons (Fsp3) is 0.0625. The molecule has 2 rings (SSSR count). The lowest BCUT2D eigenvalue weighted by Crippen LogP contribution is -2.17. The number of hydrogen-bond donors (Lipinski definition) is 1. The highest BCUT2D eigenvalue weighted by atomic mass is 79.9. The molecule has 1 amide bonds. The second kappa shape index (κ2) is 8.72. The van der Waals surface area contributed by atoms with Gasteiger partial charge in [-0.25, -0.2) is 19.4 Å². The normalized spacial score (nSPS) is 10.6. The SMILES string of the molecule is COC(=O)N/N=C\c1cc(Br)cc(Br)c1OC(=O)c1cccc(F)c1. The number of benzene rings is 2. The summed E-state index contributed by atoms with van der Waals surface area (Å²) in [5.41, 5.74) is 2.58. The number of hydrazone groups is 1. The van der Waals surface area contributed by atoms with Crippen LogP contribution in [0.2, 0.25) is 0 Å². The van der Waals surface area contributed by atoms with Crippen molar-refractivity contribution in [3.8, 4) is 5.75 Å². The molecule has 2 aromatic rings. The number of ether oxygens (including phenoxy) is 2. The van der Waals surface area contributed by atoms with Gasteiger partial charge in [0.05, 0.1) is 23.4 Å². The van der Waals surface area contributed by atoms with E-state index in [9.17, 15) is 14.0 Å². The van der Waals surface area contributed by atoms with Gasteiger partial charge < -0.3 is 9.47 Å². The molecule has 9 heteroatoms. The number of methoxy groups -OCH3 is 1. The van der Waals surface area contributed by atoms with Crippen molar-refractivity contribution in [2.45, 2.75) is 0 Å². The highest BCUT2D eigenvalue weighted by Gasteiger charge is 2.15. The number of nitrogens with one attached hydrogen (secondary N) is 1. The molecule has 0 aliphatic carbocycles. The molecule has 0 heterocycles. The van der Waals surface area contributed by atoms with E-state index < -0.39 is 17.9 Å². The number of amides is 1. The van der Waals surface area contributed by atoms with Crippen LogP contribution in [-0.2, 0) is 4.74 Å². The minimum atomic E-state index is -0.747. The fourth-order valence-electron chi connectivity index (χ4n) is 1.75. The first-order chi connectivity index (χ1) is 11.9. The Bertz CT molecular complexity index is 843. The zero-order chi connectivity index (χ0) is 18.4. The molecule has 0 spiro atoms. The molecule has 2 aromatic carbocycles. The van der Waals surface area contributed by atoms with Gasteiger partial charge in [0.2, 0.25) is 0 Å². The molecule has 130 valence electrons. The van der Waals surface area contributed by atoms with Crippen LogP contribution in [0.1, 0.15) is 15.9 Å². The van der Waals surface area contributed by atoms with Crippen LogP contribution in [0.3, 0.4) is 0 Å². The zero-order valence-electron chi connectivity index (χ0n) is 12.8. The van der Waals surface area contributed by atoms with Gasteiger partial charge in [0.15, 0.2) is 5.75 Å². The Labute approximate surface area is 159 Å². The smallest absolute Gasteiger partial charge is 0.427 e. The molecular weight excluding hydrogens is 463 g/mol. The van der Waals surface area contributed by atoms with E-state index in [4.69, 9.17) is 4.74 Å². The summed E-state index contributed by atoms with van der Waals surface area (Å²) >= 11 is 6.60. The molecule has 0 unspecified atom stereocenters. The average molecular weight is 474 g/mol. The third-order valence-corrected chi connectivity index (χ3v) is 3.88. The Morgan fingerprint density at radius 3 is 2.68 bits per heavy atom. The average Bonchev–Trinajstić information content (AvgIpc) is 2.57. The summed E-state index contributed by atoms with van der Waals surface area (Å²) in [6.45, 7) is 0. The lowest BCUT2D eigenvalue weighted by atomic mass is 10.2. The van der Waals surface area contributed by atoms with Crippen LogP contribution >= 0.6 is 31.9 Å². The van der Waals surface area contributed by atoms with Crippen LogP contribution in [-0.4, -0.2) is 25.4 Å². The van der Waals surface area contributed by atoms with Gasteiger partial charge >= 0.3 is 12.1 Å². The molecule has 0 bridgehead atoms. The fourth-order valence-corrected chi connectivity index (χ4v) is 3.09. The van der Waals surface area contributed by atoms with Crippen molar-refractivity contribution >= 4 is 50.1 Å². The lowest BCUT2D eigenvalue weighted by molar-refractivity contribution is 0.0732. The molecular formula is C16H11Br2FN2O4. The van der Waals surface area contributed by atoms with Crippen molar-refractivity contribution in [1.82, 2.24) is 5.43 Å². The van der Waals surface area contributed by atoms with Gasteiger partial charge in [0.25, 0.3) is 0 Å². The molecule has 0 saturated carbocycles. The van der Waals surface area contributed by atoms with Gasteiger partial charge in [-0.15, -0.1) is 0 Å². The van der Waals surface area contributed by atoms with Crippen molar-refractivity contribution in [3.05, 3.63) is 62.3 Å². The zero-order valence-corrected chi connectivity index (χ0v) is 15.9. The van der Waals surface area contributed by atoms with Gasteiger partial charge in [-0.1, -0.05) is 22.0 Å². The summed E-state index contributed by atoms with van der Waals surface area (Å²) in [6, 6.07) is 8.43. The summed E-state index contributed by atoms with van der Waals surface area (Å²) in [7, 11) is 1.20. The minimum Gasteiger partial charge on any atom is -0.452 e. The van der Waals surface area contributed by atoms with Crippen LogP contribution in [0.25, 0.3) is 0 Å². The van der Waals surface area contributed by atoms with Gasteiger partial charge in [0.1, 0.15) is 5.82 Å². The monoisotopic (exact) mass is 472 g/mol. The summed E-state index contributed by atoms with van der Waals surface area (Å²) in [4.78, 5) is 23.3. The van der Waals surface area contributed by atoms with E-state index in [1.54, 1.807) is 12.1 Å². The van der Waals surface area contributed by atoms with E-state index in [-0.39, 0.29) is 11.3 Å². The Morgan fingerprint density at radius 1 is 1.24 bits per heavy atom. The maximum absolute atomic E-state index is 13.3. The van der Waals surface area contributed by atoms with Crippen LogP contribution < -0.4 is 10.2 Å². The largest absolute Gasteiger partial charge is 0.452 e. The number of carbonyl (C=O) groups excluding carboxylic acids is 2. The van der Waals surface area contributed by atoms with E-state index in [0.29, 0.717) is 14.5 Å². The first kappa shape index (κ1) is 19.1. The third kappa shape index (κ3) is 5.36. The van der Waals surface area contributed by atoms with E-state index in [1.807, 2.05) is 0 Å². The molecule has 0 fully saturated rings. The van der Waals surface area contributed by atoms with Crippen LogP contribution in [0, 0.1) is 5.82 Å². The second-order valence-corrected chi connectivity index (χ2v) is 6.34. The molecule has 0 aromatic heterocycles. The Morgan fingerprint density at radius 2 is 2.00 bits per heavy atom. The van der Waals surface area contributed by atoms with Gasteiger partial charge in [0, 0.05) is 10.0 Å². The summed E-state index contributed by atoms with van der Waals surface area (Å²) in [5, 5.41) is 3.71. The number of rotatable bonds is 4. The van der Waals surface area contributed by atoms with Crippen molar-refractivity contribution < 1.29 is 23.5 Å². The topological polar surface area (TPSA) is 77.0 Å². The quantitative estimate of drug-likeness (QED) is 0.311. The summed E-state index contributed by atoms with van der Waals surface area (Å²) in [6.07, 6.45) is 0.532. The van der Waals surface area contributed by atoms with Gasteiger partial charge in [-0.3, -0.25) is 0 Å². The molecule has 0 aliphatic heterocycles. The van der Waals surface area contributed by atoms with Crippen LogP contribution in [0.4, 0.5) is 9.18 Å². The van der Waals surface area contributed by atoms with Crippen molar-refractivity contribution in [2.75, 3.05) is 7.11 Å². The van der Waals surface area contributed by atoms with Gasteiger partial charge in [-0.05, 0) is 46.3 Å². The first-order valence-corrected chi connectivity index (χ1v) is 8.33. The highest BCUT2D eigenvalue weighted by molar-refractivity contribution is 9.11. The van der Waals surface area contributed by atoms with E-state index in [1.165, 1.54) is 31.5 Å². The van der Waals surface area contributed by atoms with Crippen molar-refractivity contribution in [3.63, 3.8) is 0 Å². The molecule has 1 N–H and O–H groups in total. The third-order valence-electron chi connectivity index (χ3n) is 2.84. The van der Waals surface area contributed by atoms with E-state index >= 15 is 0 Å². The second-order valence-electron chi connectivity index (χ2n) is 4.57. The molecule has 0 saturated heterocycles. The number of nitrogens with zero attached hydrogens (tertiary/aromatic N) is 1. The maximum Gasteiger partial charge on any atom is 0.427 e. The molecule has 25 heavy (non-hydrogen) atoms. The predicted molar refractivity (Wildman–Crippen MR) is 96.3 cm³/mol. The Kier molecular flexibility index (Phi) is 6.65. The van der Waals surface area contributed by atoms with Crippen molar-refractivity contribution in [1.29, 1.82) is 0 Å². The number of esters is 1. The molecule has 0 radical (unpaired) electrons. The predicted octanol–water partition coefficient (Wildman–Crippen LogP) is 4.26. The van der Waals surface area contributed by atoms with Crippen LogP contribution in [0.5, 0.6) is 5.75 Å². The maximum atomic E-state index is 13.3. The first-order valence-electron chi connectivity index (χ1n) is 6.74. The number of hydrogen-bond acceptors (Lipinski definition) is 5. The molecule has 0 aliphatic rings. The standard InChI is InChI=1S/C16H11Br2FN2O4/c1-24-16(23)21-20-8-10-5-11(17)7-13(18)14(10)25-15(22)9-3-2-4-12(19)6-9/h2-8H,1H3,(H,21,23)/b20-8-. The molecule has 0 atom stereocenters. The number of carbonyl (C=O) groups is 2. The summed E-state index contributed by atoms with van der Waals surface area (Å²) in [5.74, 6) is -1.13. The van der Waals surface area contributed by atoms with E-state index in [0.717, 1.165) is 6.07 Å². The molecule has 6 nitrogen and oxygen atoms in total. The minimum absolute atomic E-state index is 0.0605. The number of halogens is 3. The Hall–Kier alpha value is -2.26. The Balaban J connectivity index is 2.30.